The van der Waals surface area contributed by atoms with Gasteiger partial charge in [0.15, 0.2) is 0 Å². The topological polar surface area (TPSA) is 35.8 Å². The van der Waals surface area contributed by atoms with E-state index in [-0.39, 0.29) is 11.9 Å². The molecule has 0 saturated carbocycles. The van der Waals surface area contributed by atoms with Gasteiger partial charge in [-0.1, -0.05) is 31.9 Å². The zero-order valence-electron chi connectivity index (χ0n) is 8.83. The molecule has 1 aromatic carbocycles. The van der Waals surface area contributed by atoms with Crippen LogP contribution in [0.3, 0.4) is 0 Å². The molecular weight excluding hydrogens is 191 g/mol. The lowest BCUT2D eigenvalue weighted by atomic mass is 10.1. The lowest BCUT2D eigenvalue weighted by Crippen LogP contribution is -2.17. The average molecular weight is 206 g/mol. The molecular formula is C12H15FN2. The van der Waals surface area contributed by atoms with E-state index in [9.17, 15) is 4.39 Å². The Morgan fingerprint density at radius 3 is 2.80 bits per heavy atom. The van der Waals surface area contributed by atoms with Gasteiger partial charge in [0.25, 0.3) is 0 Å². The first-order valence-corrected chi connectivity index (χ1v) is 5.18. The SMILES string of the molecule is CCCCC(C#N)Nc1ccccc1F. The van der Waals surface area contributed by atoms with Gasteiger partial charge in [0.1, 0.15) is 11.9 Å². The predicted octanol–water partition coefficient (Wildman–Crippen LogP) is 3.32. The zero-order chi connectivity index (χ0) is 11.1. The number of halogens is 1. The molecule has 1 rings (SSSR count). The van der Waals surface area contributed by atoms with Crippen LogP contribution in [0.15, 0.2) is 24.3 Å². The molecule has 0 bridgehead atoms. The highest BCUT2D eigenvalue weighted by Crippen LogP contribution is 2.15. The Morgan fingerprint density at radius 2 is 2.20 bits per heavy atom. The van der Waals surface area contributed by atoms with Crippen molar-refractivity contribution in [2.45, 2.75) is 32.2 Å². The van der Waals surface area contributed by atoms with Crippen molar-refractivity contribution in [2.75, 3.05) is 5.32 Å². The van der Waals surface area contributed by atoms with Crippen LogP contribution in [0.25, 0.3) is 0 Å². The van der Waals surface area contributed by atoms with Gasteiger partial charge in [-0.2, -0.15) is 5.26 Å². The zero-order valence-corrected chi connectivity index (χ0v) is 8.83. The monoisotopic (exact) mass is 206 g/mol. The smallest absolute Gasteiger partial charge is 0.146 e. The van der Waals surface area contributed by atoms with Crippen LogP contribution in [0, 0.1) is 17.1 Å². The van der Waals surface area contributed by atoms with E-state index >= 15 is 0 Å². The molecule has 0 amide bonds. The summed E-state index contributed by atoms with van der Waals surface area (Å²) in [4.78, 5) is 0. The molecule has 0 aromatic heterocycles. The second kappa shape index (κ2) is 6.02. The summed E-state index contributed by atoms with van der Waals surface area (Å²) in [5, 5.41) is 11.8. The third-order valence-corrected chi connectivity index (χ3v) is 2.21. The molecule has 0 heterocycles. The number of nitrogens with one attached hydrogen (secondary N) is 1. The number of unbranched alkanes of at least 4 members (excludes halogenated alkanes) is 1. The van der Waals surface area contributed by atoms with Crippen molar-refractivity contribution in [1.29, 1.82) is 5.26 Å². The normalized spacial score (nSPS) is 11.8. The maximum atomic E-state index is 13.2. The molecule has 0 aliphatic heterocycles. The second-order valence-corrected chi connectivity index (χ2v) is 3.45. The first kappa shape index (κ1) is 11.5. The summed E-state index contributed by atoms with van der Waals surface area (Å²) in [7, 11) is 0. The van der Waals surface area contributed by atoms with Crippen LogP contribution in [0.1, 0.15) is 26.2 Å². The Balaban J connectivity index is 2.60. The number of hydrogen-bond donors (Lipinski definition) is 1. The summed E-state index contributed by atoms with van der Waals surface area (Å²) >= 11 is 0. The summed E-state index contributed by atoms with van der Waals surface area (Å²) < 4.78 is 13.2. The van der Waals surface area contributed by atoms with E-state index in [0.29, 0.717) is 5.69 Å². The van der Waals surface area contributed by atoms with Gasteiger partial charge in [0, 0.05) is 0 Å². The fraction of sp³-hybridized carbons (Fsp3) is 0.417. The van der Waals surface area contributed by atoms with Crippen LogP contribution < -0.4 is 5.32 Å². The second-order valence-electron chi connectivity index (χ2n) is 3.45. The van der Waals surface area contributed by atoms with Crippen LogP contribution in [0.2, 0.25) is 0 Å². The van der Waals surface area contributed by atoms with E-state index in [1.165, 1.54) is 6.07 Å². The van der Waals surface area contributed by atoms with Crippen molar-refractivity contribution < 1.29 is 4.39 Å². The number of nitrogens with zero attached hydrogens (tertiary/aromatic N) is 1. The first-order valence-electron chi connectivity index (χ1n) is 5.18. The summed E-state index contributed by atoms with van der Waals surface area (Å²) in [6.07, 6.45) is 2.76. The van der Waals surface area contributed by atoms with Crippen LogP contribution in [0.4, 0.5) is 10.1 Å². The quantitative estimate of drug-likeness (QED) is 0.802. The number of benzene rings is 1. The standard InChI is InChI=1S/C12H15FN2/c1-2-3-6-10(9-14)15-12-8-5-4-7-11(12)13/h4-5,7-8,10,15H,2-3,6H2,1H3. The van der Waals surface area contributed by atoms with Crippen LogP contribution >= 0.6 is 0 Å². The van der Waals surface area contributed by atoms with Gasteiger partial charge >= 0.3 is 0 Å². The molecule has 0 fully saturated rings. The maximum absolute atomic E-state index is 13.2. The molecule has 3 heteroatoms. The summed E-state index contributed by atoms with van der Waals surface area (Å²) in [6, 6.07) is 8.24. The molecule has 1 atom stereocenters. The molecule has 0 spiro atoms. The van der Waals surface area contributed by atoms with Gasteiger partial charge in [-0.05, 0) is 18.6 Å². The lowest BCUT2D eigenvalue weighted by molar-refractivity contribution is 0.623. The van der Waals surface area contributed by atoms with Crippen molar-refractivity contribution in [1.82, 2.24) is 0 Å². The molecule has 0 radical (unpaired) electrons. The van der Waals surface area contributed by atoms with Gasteiger partial charge in [0.2, 0.25) is 0 Å². The molecule has 1 unspecified atom stereocenters. The highest BCUT2D eigenvalue weighted by atomic mass is 19.1. The predicted molar refractivity (Wildman–Crippen MR) is 58.9 cm³/mol. The largest absolute Gasteiger partial charge is 0.367 e. The molecule has 1 aromatic rings. The summed E-state index contributed by atoms with van der Waals surface area (Å²) in [6.45, 7) is 2.07. The number of hydrogen-bond acceptors (Lipinski definition) is 2. The summed E-state index contributed by atoms with van der Waals surface area (Å²) in [5.41, 5.74) is 0.403. The van der Waals surface area contributed by atoms with E-state index in [1.54, 1.807) is 18.2 Å². The van der Waals surface area contributed by atoms with E-state index in [4.69, 9.17) is 5.26 Å². The van der Waals surface area contributed by atoms with Crippen LogP contribution in [0.5, 0.6) is 0 Å². The minimum atomic E-state index is -0.311. The van der Waals surface area contributed by atoms with Gasteiger partial charge in [-0.15, -0.1) is 0 Å². The first-order chi connectivity index (χ1) is 7.27. The lowest BCUT2D eigenvalue weighted by Gasteiger charge is -2.12. The number of anilines is 1. The average Bonchev–Trinajstić information content (AvgIpc) is 2.26. The fourth-order valence-electron chi connectivity index (χ4n) is 1.34. The number of rotatable bonds is 5. The van der Waals surface area contributed by atoms with E-state index in [1.807, 2.05) is 0 Å². The van der Waals surface area contributed by atoms with Crippen LogP contribution in [-0.4, -0.2) is 6.04 Å². The third-order valence-electron chi connectivity index (χ3n) is 2.21. The summed E-state index contributed by atoms with van der Waals surface area (Å²) in [5.74, 6) is -0.311. The minimum absolute atomic E-state index is 0.304. The van der Waals surface area contributed by atoms with Crippen molar-refractivity contribution in [3.05, 3.63) is 30.1 Å². The molecule has 0 saturated heterocycles. The van der Waals surface area contributed by atoms with Gasteiger partial charge in [-0.3, -0.25) is 0 Å². The Morgan fingerprint density at radius 1 is 1.47 bits per heavy atom. The number of nitriles is 1. The van der Waals surface area contributed by atoms with Crippen molar-refractivity contribution >= 4 is 5.69 Å². The van der Waals surface area contributed by atoms with Crippen molar-refractivity contribution in [2.24, 2.45) is 0 Å². The van der Waals surface area contributed by atoms with Gasteiger partial charge in [-0.25, -0.2) is 4.39 Å². The Bertz CT molecular complexity index is 344. The molecule has 0 aliphatic carbocycles. The molecule has 15 heavy (non-hydrogen) atoms. The highest BCUT2D eigenvalue weighted by molar-refractivity contribution is 5.46. The van der Waals surface area contributed by atoms with Crippen molar-refractivity contribution in [3.63, 3.8) is 0 Å². The van der Waals surface area contributed by atoms with Crippen LogP contribution in [-0.2, 0) is 0 Å². The van der Waals surface area contributed by atoms with Gasteiger partial charge in [0.05, 0.1) is 11.8 Å². The number of para-hydroxylation sites is 1. The Labute approximate surface area is 89.7 Å². The molecule has 0 aliphatic rings. The van der Waals surface area contributed by atoms with Gasteiger partial charge < -0.3 is 5.32 Å². The van der Waals surface area contributed by atoms with E-state index in [2.05, 4.69) is 18.3 Å². The highest BCUT2D eigenvalue weighted by Gasteiger charge is 2.08. The van der Waals surface area contributed by atoms with Crippen molar-refractivity contribution in [3.8, 4) is 6.07 Å². The van der Waals surface area contributed by atoms with E-state index < -0.39 is 0 Å². The Kier molecular flexibility index (Phi) is 4.62. The van der Waals surface area contributed by atoms with E-state index in [0.717, 1.165) is 19.3 Å². The molecule has 1 N–H and O–H groups in total. The fourth-order valence-corrected chi connectivity index (χ4v) is 1.34. The third kappa shape index (κ3) is 3.59. The Hall–Kier alpha value is -1.56. The minimum Gasteiger partial charge on any atom is -0.367 e. The maximum Gasteiger partial charge on any atom is 0.146 e. The molecule has 80 valence electrons. The molecule has 2 nitrogen and oxygen atoms in total.